The van der Waals surface area contributed by atoms with E-state index in [0.717, 1.165) is 39.4 Å². The van der Waals surface area contributed by atoms with Crippen LogP contribution in [0.4, 0.5) is 0 Å². The normalized spacial score (nSPS) is 11.9. The van der Waals surface area contributed by atoms with Gasteiger partial charge in [0.2, 0.25) is 0 Å². The van der Waals surface area contributed by atoms with Gasteiger partial charge in [-0.25, -0.2) is 4.98 Å². The molecule has 0 fully saturated rings. The van der Waals surface area contributed by atoms with E-state index in [9.17, 15) is 0 Å². The molecule has 0 bridgehead atoms. The quantitative estimate of drug-likeness (QED) is 0.178. The number of benzene rings is 9. The third-order valence-corrected chi connectivity index (χ3v) is 11.6. The molecule has 0 atom stereocenters. The highest BCUT2D eigenvalue weighted by Crippen LogP contribution is 2.43. The van der Waals surface area contributed by atoms with E-state index in [2.05, 4.69) is 209 Å². The van der Waals surface area contributed by atoms with Crippen molar-refractivity contribution in [3.8, 4) is 33.9 Å². The van der Waals surface area contributed by atoms with Crippen LogP contribution in [0.1, 0.15) is 0 Å². The van der Waals surface area contributed by atoms with Crippen molar-refractivity contribution in [2.24, 2.45) is 0 Å². The molecule has 3 heterocycles. The Labute approximate surface area is 322 Å². The Morgan fingerprint density at radius 3 is 1.43 bits per heavy atom. The number of hydrogen-bond acceptors (Lipinski definition) is 1. The standard InChI is InChI=1S/C53H33N3/c1-4-14-37-29-40(23-21-34(37)11-1)47-32-43(33-48(54-47)41-24-22-35-12-2-5-15-38(35)30-41)56-49-19-9-7-17-44(49)45-27-28-51-52(53(45)56)46-18-8-10-20-50(46)55(51)42-26-25-36-13-3-6-16-39(36)31-42/h1-33H. The summed E-state index contributed by atoms with van der Waals surface area (Å²) in [7, 11) is 0. The first kappa shape index (κ1) is 30.9. The van der Waals surface area contributed by atoms with Crippen LogP contribution >= 0.6 is 0 Å². The van der Waals surface area contributed by atoms with Gasteiger partial charge >= 0.3 is 0 Å². The molecule has 0 aliphatic carbocycles. The molecule has 260 valence electrons. The molecule has 12 aromatic rings. The molecule has 3 heteroatoms. The van der Waals surface area contributed by atoms with Gasteiger partial charge in [-0.2, -0.15) is 0 Å². The second kappa shape index (κ2) is 12.0. The molecule has 0 saturated heterocycles. The number of aromatic nitrogens is 3. The van der Waals surface area contributed by atoms with Crippen LogP contribution in [0.25, 0.3) is 110 Å². The Kier molecular flexibility index (Phi) is 6.63. The van der Waals surface area contributed by atoms with Crippen LogP contribution in [0, 0.1) is 0 Å². The van der Waals surface area contributed by atoms with Crippen LogP contribution in [-0.2, 0) is 0 Å². The van der Waals surface area contributed by atoms with Crippen LogP contribution in [0.15, 0.2) is 200 Å². The minimum absolute atomic E-state index is 0.938. The lowest BCUT2D eigenvalue weighted by Gasteiger charge is -2.15. The SMILES string of the molecule is c1ccc2cc(-c3cc(-n4c5ccccc5c5ccc6c(c7ccccc7n6-c6ccc7ccccc7c6)c54)cc(-c4ccc5ccccc5c4)n3)ccc2c1. The molecular formula is C53H33N3. The lowest BCUT2D eigenvalue weighted by molar-refractivity contribution is 1.16. The van der Waals surface area contributed by atoms with Crippen LogP contribution < -0.4 is 0 Å². The summed E-state index contributed by atoms with van der Waals surface area (Å²) in [5.41, 5.74) is 11.0. The molecule has 0 spiro atoms. The van der Waals surface area contributed by atoms with E-state index < -0.39 is 0 Å². The van der Waals surface area contributed by atoms with Crippen LogP contribution in [0.2, 0.25) is 0 Å². The van der Waals surface area contributed by atoms with E-state index in [-0.39, 0.29) is 0 Å². The summed E-state index contributed by atoms with van der Waals surface area (Å²) in [4.78, 5) is 5.42. The molecule has 0 saturated carbocycles. The van der Waals surface area contributed by atoms with E-state index in [1.165, 1.54) is 70.4 Å². The molecule has 0 aliphatic heterocycles. The maximum Gasteiger partial charge on any atom is 0.0730 e. The van der Waals surface area contributed by atoms with Gasteiger partial charge in [-0.3, -0.25) is 0 Å². The fourth-order valence-electron chi connectivity index (χ4n) is 9.01. The van der Waals surface area contributed by atoms with Gasteiger partial charge in [0.1, 0.15) is 0 Å². The van der Waals surface area contributed by atoms with Gasteiger partial charge in [0.05, 0.1) is 39.1 Å². The Morgan fingerprint density at radius 2 is 0.804 bits per heavy atom. The van der Waals surface area contributed by atoms with Crippen molar-refractivity contribution < 1.29 is 0 Å². The Morgan fingerprint density at radius 1 is 0.304 bits per heavy atom. The maximum absolute atomic E-state index is 5.42. The van der Waals surface area contributed by atoms with Crippen molar-refractivity contribution in [3.63, 3.8) is 0 Å². The topological polar surface area (TPSA) is 22.8 Å². The average Bonchev–Trinajstić information content (AvgIpc) is 3.79. The maximum atomic E-state index is 5.42. The number of nitrogens with zero attached hydrogens (tertiary/aromatic N) is 3. The molecule has 0 unspecified atom stereocenters. The lowest BCUT2D eigenvalue weighted by Crippen LogP contribution is -1.99. The summed E-state index contributed by atoms with van der Waals surface area (Å²) in [5.74, 6) is 0. The molecule has 0 amide bonds. The van der Waals surface area contributed by atoms with E-state index >= 15 is 0 Å². The largest absolute Gasteiger partial charge is 0.309 e. The first-order chi connectivity index (χ1) is 27.7. The van der Waals surface area contributed by atoms with Crippen molar-refractivity contribution in [1.29, 1.82) is 0 Å². The number of fused-ring (bicyclic) bond motifs is 10. The zero-order valence-electron chi connectivity index (χ0n) is 30.4. The predicted octanol–water partition coefficient (Wildman–Crippen LogP) is 14.1. The highest BCUT2D eigenvalue weighted by Gasteiger charge is 2.22. The summed E-state index contributed by atoms with van der Waals surface area (Å²) < 4.78 is 4.92. The highest BCUT2D eigenvalue weighted by molar-refractivity contribution is 6.26. The molecule has 0 N–H and O–H groups in total. The van der Waals surface area contributed by atoms with Gasteiger partial charge in [-0.15, -0.1) is 0 Å². The van der Waals surface area contributed by atoms with Crippen LogP contribution in [0.5, 0.6) is 0 Å². The first-order valence-corrected chi connectivity index (χ1v) is 19.2. The Hall–Kier alpha value is -7.49. The summed E-state index contributed by atoms with van der Waals surface area (Å²) in [6.45, 7) is 0. The smallest absolute Gasteiger partial charge is 0.0730 e. The number of pyridine rings is 1. The van der Waals surface area contributed by atoms with Crippen molar-refractivity contribution in [1.82, 2.24) is 14.1 Å². The van der Waals surface area contributed by atoms with E-state index in [1.54, 1.807) is 0 Å². The lowest BCUT2D eigenvalue weighted by atomic mass is 10.0. The monoisotopic (exact) mass is 711 g/mol. The third kappa shape index (κ3) is 4.68. The Balaban J connectivity index is 1.19. The zero-order chi connectivity index (χ0) is 36.7. The fourth-order valence-corrected chi connectivity index (χ4v) is 9.01. The molecule has 0 radical (unpaired) electrons. The zero-order valence-corrected chi connectivity index (χ0v) is 30.4. The summed E-state index contributed by atoms with van der Waals surface area (Å²) >= 11 is 0. The van der Waals surface area contributed by atoms with Gasteiger partial charge in [0.15, 0.2) is 0 Å². The molecule has 9 aromatic carbocycles. The number of hydrogen-bond donors (Lipinski definition) is 0. The molecule has 3 aromatic heterocycles. The molecular weight excluding hydrogens is 679 g/mol. The summed E-state index contributed by atoms with van der Waals surface area (Å²) in [5, 5.41) is 12.2. The van der Waals surface area contributed by atoms with E-state index in [1.807, 2.05) is 0 Å². The van der Waals surface area contributed by atoms with Crippen molar-refractivity contribution in [2.45, 2.75) is 0 Å². The van der Waals surface area contributed by atoms with E-state index in [0.29, 0.717) is 0 Å². The van der Waals surface area contributed by atoms with Crippen molar-refractivity contribution in [3.05, 3.63) is 200 Å². The van der Waals surface area contributed by atoms with E-state index in [4.69, 9.17) is 4.98 Å². The number of rotatable bonds is 4. The first-order valence-electron chi connectivity index (χ1n) is 19.2. The summed E-state index contributed by atoms with van der Waals surface area (Å²) in [6.07, 6.45) is 0. The summed E-state index contributed by atoms with van der Waals surface area (Å²) in [6, 6.07) is 72.8. The second-order valence-electron chi connectivity index (χ2n) is 14.8. The molecule has 3 nitrogen and oxygen atoms in total. The van der Waals surface area contributed by atoms with Gasteiger partial charge < -0.3 is 9.13 Å². The van der Waals surface area contributed by atoms with Crippen molar-refractivity contribution in [2.75, 3.05) is 0 Å². The fraction of sp³-hybridized carbons (Fsp3) is 0. The molecule has 0 aliphatic rings. The second-order valence-corrected chi connectivity index (χ2v) is 14.8. The molecule has 56 heavy (non-hydrogen) atoms. The van der Waals surface area contributed by atoms with Gasteiger partial charge in [-0.1, -0.05) is 146 Å². The molecule has 12 rings (SSSR count). The van der Waals surface area contributed by atoms with Crippen LogP contribution in [0.3, 0.4) is 0 Å². The van der Waals surface area contributed by atoms with Gasteiger partial charge in [-0.05, 0) is 86.9 Å². The minimum atomic E-state index is 0.938. The minimum Gasteiger partial charge on any atom is -0.309 e. The van der Waals surface area contributed by atoms with Crippen LogP contribution in [-0.4, -0.2) is 14.1 Å². The van der Waals surface area contributed by atoms with Gasteiger partial charge in [0, 0.05) is 38.4 Å². The van der Waals surface area contributed by atoms with Crippen molar-refractivity contribution >= 4 is 75.9 Å². The van der Waals surface area contributed by atoms with Gasteiger partial charge in [0.25, 0.3) is 0 Å². The highest BCUT2D eigenvalue weighted by atomic mass is 15.0. The number of para-hydroxylation sites is 2. The average molecular weight is 712 g/mol. The Bertz CT molecular complexity index is 3450. The third-order valence-electron chi connectivity index (χ3n) is 11.6. The predicted molar refractivity (Wildman–Crippen MR) is 236 cm³/mol.